The number of rotatable bonds is 11. The molecule has 204 valence electrons. The average Bonchev–Trinajstić information content (AvgIpc) is 2.88. The van der Waals surface area contributed by atoms with Gasteiger partial charge in [-0.3, -0.25) is 4.90 Å². The molecular formula is C29H38N3O5S+. The fourth-order valence-electron chi connectivity index (χ4n) is 4.50. The van der Waals surface area contributed by atoms with Crippen molar-refractivity contribution in [1.29, 1.82) is 0 Å². The number of benzene rings is 3. The predicted octanol–water partition coefficient (Wildman–Crippen LogP) is 2.26. The molecule has 8 nitrogen and oxygen atoms in total. The van der Waals surface area contributed by atoms with Crippen LogP contribution in [0.1, 0.15) is 35.3 Å². The number of nitrogens with one attached hydrogen (secondary N) is 1. The number of aliphatic hydroxyl groups excluding tert-OH is 1. The highest BCUT2D eigenvalue weighted by Crippen LogP contribution is 2.21. The van der Waals surface area contributed by atoms with Crippen LogP contribution in [0.4, 0.5) is 5.69 Å². The number of carbonyl (C=O) groups is 1. The number of aliphatic hydroxyl groups is 1. The molecule has 38 heavy (non-hydrogen) atoms. The molecule has 0 aliphatic heterocycles. The molecule has 3 atom stereocenters. The van der Waals surface area contributed by atoms with Gasteiger partial charge in [0.15, 0.2) is 0 Å². The molecule has 1 amide bonds. The van der Waals surface area contributed by atoms with Crippen LogP contribution >= 0.6 is 0 Å². The zero-order valence-corrected chi connectivity index (χ0v) is 23.2. The van der Waals surface area contributed by atoms with E-state index >= 15 is 0 Å². The van der Waals surface area contributed by atoms with Gasteiger partial charge < -0.3 is 15.9 Å². The van der Waals surface area contributed by atoms with Gasteiger partial charge in [-0.05, 0) is 54.8 Å². The van der Waals surface area contributed by atoms with E-state index in [0.717, 1.165) is 5.56 Å². The lowest BCUT2D eigenvalue weighted by molar-refractivity contribution is -0.825. The summed E-state index contributed by atoms with van der Waals surface area (Å²) in [7, 11) is -2.26. The summed E-state index contributed by atoms with van der Waals surface area (Å²) in [5, 5.41) is 21.7. The Morgan fingerprint density at radius 1 is 0.974 bits per heavy atom. The first-order valence-corrected chi connectivity index (χ1v) is 14.1. The maximum Gasteiger partial charge on any atom is 0.344 e. The highest BCUT2D eigenvalue weighted by Gasteiger charge is 2.37. The monoisotopic (exact) mass is 540 g/mol. The summed E-state index contributed by atoms with van der Waals surface area (Å²) in [5.74, 6) is -0.281. The second-order valence-electron chi connectivity index (χ2n) is 10.1. The van der Waals surface area contributed by atoms with Gasteiger partial charge in [0.25, 0.3) is 0 Å². The Kier molecular flexibility index (Phi) is 9.67. The van der Waals surface area contributed by atoms with Crippen LogP contribution in [-0.4, -0.2) is 61.1 Å². The average molecular weight is 541 g/mol. The first-order valence-electron chi connectivity index (χ1n) is 12.7. The van der Waals surface area contributed by atoms with E-state index in [2.05, 4.69) is 0 Å². The molecule has 0 fully saturated rings. The molecule has 0 aromatic heterocycles. The molecule has 0 aliphatic rings. The van der Waals surface area contributed by atoms with Crippen LogP contribution in [-0.2, 0) is 16.4 Å². The molecule has 3 aromatic rings. The number of phenolic OH excluding ortho intramolecular Hbond substituents is 1. The van der Waals surface area contributed by atoms with Crippen LogP contribution in [0.15, 0.2) is 77.7 Å². The molecule has 3 rings (SSSR count). The number of nitrogens with two attached hydrogens (primary N) is 1. The van der Waals surface area contributed by atoms with Crippen LogP contribution in [0.5, 0.6) is 5.75 Å². The Bertz CT molecular complexity index is 1330. The van der Waals surface area contributed by atoms with E-state index in [4.69, 9.17) is 5.73 Å². The van der Waals surface area contributed by atoms with Crippen LogP contribution < -0.4 is 10.6 Å². The molecule has 3 aromatic carbocycles. The highest BCUT2D eigenvalue weighted by atomic mass is 32.2. The molecule has 9 heteroatoms. The van der Waals surface area contributed by atoms with Gasteiger partial charge in [-0.1, -0.05) is 50.2 Å². The molecule has 0 radical (unpaired) electrons. The van der Waals surface area contributed by atoms with E-state index in [1.165, 1.54) is 34.6 Å². The molecule has 0 saturated carbocycles. The summed E-state index contributed by atoms with van der Waals surface area (Å²) in [6.07, 6.45) is -0.825. The lowest BCUT2D eigenvalue weighted by atomic mass is 9.98. The van der Waals surface area contributed by atoms with Crippen molar-refractivity contribution in [3.63, 3.8) is 0 Å². The zero-order chi connectivity index (χ0) is 28.0. The number of hydrogen-bond donors (Lipinski definition) is 4. The third kappa shape index (κ3) is 6.99. The van der Waals surface area contributed by atoms with E-state index in [1.54, 1.807) is 26.1 Å². The number of aromatic hydroxyl groups is 1. The molecule has 5 N–H and O–H groups in total. The van der Waals surface area contributed by atoms with E-state index in [-0.39, 0.29) is 35.6 Å². The largest absolute Gasteiger partial charge is 0.508 e. The SMILES string of the molecule is Cc1c(O)cccc1C(=O)[NH+](C)[C@@H](Cc1ccccc1)[C@H](O)CN(CC(C)C)S(=O)(=O)c1ccc(N)cc1. The minimum Gasteiger partial charge on any atom is -0.508 e. The number of likely N-dealkylation sites (N-methyl/N-ethyl adjacent to an activating group) is 1. The molecule has 0 bridgehead atoms. The second kappa shape index (κ2) is 12.5. The highest BCUT2D eigenvalue weighted by molar-refractivity contribution is 7.89. The van der Waals surface area contributed by atoms with Crippen molar-refractivity contribution in [2.45, 2.75) is 44.2 Å². The molecule has 1 unspecified atom stereocenters. The Labute approximate surface area is 225 Å². The summed E-state index contributed by atoms with van der Waals surface area (Å²) in [6.45, 7) is 5.49. The number of hydrogen-bond acceptors (Lipinski definition) is 6. The predicted molar refractivity (Wildman–Crippen MR) is 148 cm³/mol. The van der Waals surface area contributed by atoms with Crippen LogP contribution in [0.25, 0.3) is 0 Å². The van der Waals surface area contributed by atoms with Crippen LogP contribution in [0, 0.1) is 12.8 Å². The number of sulfonamides is 1. The van der Waals surface area contributed by atoms with Crippen molar-refractivity contribution in [3.05, 3.63) is 89.5 Å². The van der Waals surface area contributed by atoms with Gasteiger partial charge in [0.2, 0.25) is 10.0 Å². The molecule has 0 saturated heterocycles. The summed E-state index contributed by atoms with van der Waals surface area (Å²) < 4.78 is 28.4. The standard InChI is InChI=1S/C29H37N3O5S/c1-20(2)18-32(38(36,37)24-15-13-23(30)14-16-24)19-28(34)26(17-22-9-6-5-7-10-22)31(4)29(35)25-11-8-12-27(33)21(25)3/h5-16,20,26,28,33-34H,17-19,30H2,1-4H3/p+1/t26-,28+/m0/s1. The van der Waals surface area contributed by atoms with Gasteiger partial charge in [-0.25, -0.2) is 13.2 Å². The maximum absolute atomic E-state index is 13.6. The number of carbonyl (C=O) groups excluding carboxylic acids is 1. The first-order chi connectivity index (χ1) is 17.9. The van der Waals surface area contributed by atoms with E-state index < -0.39 is 22.2 Å². The topological polar surface area (TPSA) is 125 Å². The minimum absolute atomic E-state index is 0.0000166. The van der Waals surface area contributed by atoms with E-state index in [1.807, 2.05) is 44.2 Å². The fourth-order valence-corrected chi connectivity index (χ4v) is 6.12. The van der Waals surface area contributed by atoms with Gasteiger partial charge in [-0.15, -0.1) is 0 Å². The van der Waals surface area contributed by atoms with Crippen molar-refractivity contribution < 1.29 is 28.3 Å². The summed E-state index contributed by atoms with van der Waals surface area (Å²) in [5.41, 5.74) is 7.92. The third-order valence-corrected chi connectivity index (χ3v) is 8.55. The Balaban J connectivity index is 1.97. The Hall–Kier alpha value is -3.24. The summed E-state index contributed by atoms with van der Waals surface area (Å²) in [4.78, 5) is 14.0. The number of nitrogen functional groups attached to an aromatic ring is 1. The second-order valence-corrected chi connectivity index (χ2v) is 12.0. The molecule has 0 heterocycles. The number of phenols is 1. The Morgan fingerprint density at radius 2 is 1.61 bits per heavy atom. The molecule has 0 aliphatic carbocycles. The van der Waals surface area contributed by atoms with Crippen molar-refractivity contribution in [2.24, 2.45) is 5.92 Å². The normalized spacial score (nSPS) is 14.4. The number of amides is 1. The van der Waals surface area contributed by atoms with E-state index in [9.17, 15) is 23.4 Å². The number of anilines is 1. The fraction of sp³-hybridized carbons (Fsp3) is 0.345. The smallest absolute Gasteiger partial charge is 0.344 e. The maximum atomic E-state index is 13.6. The van der Waals surface area contributed by atoms with Gasteiger partial charge in [0.05, 0.1) is 17.5 Å². The first kappa shape index (κ1) is 29.3. The number of quaternary nitrogens is 1. The van der Waals surface area contributed by atoms with Gasteiger partial charge >= 0.3 is 5.91 Å². The van der Waals surface area contributed by atoms with Gasteiger partial charge in [0, 0.05) is 30.8 Å². The number of nitrogens with zero attached hydrogens (tertiary/aromatic N) is 1. The van der Waals surface area contributed by atoms with Crippen LogP contribution in [0.2, 0.25) is 0 Å². The van der Waals surface area contributed by atoms with Gasteiger partial charge in [-0.2, -0.15) is 4.31 Å². The Morgan fingerprint density at radius 3 is 2.21 bits per heavy atom. The van der Waals surface area contributed by atoms with E-state index in [0.29, 0.717) is 28.1 Å². The third-order valence-electron chi connectivity index (χ3n) is 6.70. The summed E-state index contributed by atoms with van der Waals surface area (Å²) in [6, 6.07) is 19.5. The lowest BCUT2D eigenvalue weighted by Crippen LogP contribution is -3.17. The quantitative estimate of drug-likeness (QED) is 0.277. The van der Waals surface area contributed by atoms with Crippen molar-refractivity contribution in [2.75, 3.05) is 25.9 Å². The lowest BCUT2D eigenvalue weighted by Gasteiger charge is -2.32. The zero-order valence-electron chi connectivity index (χ0n) is 22.3. The summed E-state index contributed by atoms with van der Waals surface area (Å²) >= 11 is 0. The van der Waals surface area contributed by atoms with Gasteiger partial charge in [0.1, 0.15) is 17.9 Å². The van der Waals surface area contributed by atoms with Crippen LogP contribution in [0.3, 0.4) is 0 Å². The van der Waals surface area contributed by atoms with Crippen molar-refractivity contribution in [3.8, 4) is 5.75 Å². The molecular weight excluding hydrogens is 502 g/mol. The minimum atomic E-state index is -3.93. The van der Waals surface area contributed by atoms with Crippen molar-refractivity contribution >= 4 is 21.6 Å². The molecule has 0 spiro atoms. The van der Waals surface area contributed by atoms with Crippen molar-refractivity contribution in [1.82, 2.24) is 4.31 Å².